The molecule has 2 aromatic rings. The highest BCUT2D eigenvalue weighted by Crippen LogP contribution is 2.17. The molecule has 3 nitrogen and oxygen atoms in total. The minimum Gasteiger partial charge on any atom is -0.384 e. The Hall–Kier alpha value is -2.16. The van der Waals surface area contributed by atoms with Gasteiger partial charge in [0.25, 0.3) is 5.91 Å². The Labute approximate surface area is 120 Å². The van der Waals surface area contributed by atoms with Gasteiger partial charge >= 0.3 is 0 Å². The number of benzene rings is 1. The van der Waals surface area contributed by atoms with Gasteiger partial charge in [-0.15, -0.1) is 11.3 Å². The van der Waals surface area contributed by atoms with Gasteiger partial charge in [0.2, 0.25) is 0 Å². The zero-order chi connectivity index (χ0) is 14.5. The Morgan fingerprint density at radius 2 is 2.25 bits per heavy atom. The zero-order valence-electron chi connectivity index (χ0n) is 10.7. The molecule has 0 aliphatic heterocycles. The number of carbonyl (C=O) groups excluding carboxylic acids is 1. The number of aryl methyl sites for hydroxylation is 1. The minimum atomic E-state index is -0.305. The van der Waals surface area contributed by atoms with Crippen molar-refractivity contribution in [1.82, 2.24) is 0 Å². The molecule has 0 spiro atoms. The van der Waals surface area contributed by atoms with Crippen LogP contribution in [0.3, 0.4) is 0 Å². The van der Waals surface area contributed by atoms with Crippen molar-refractivity contribution in [3.63, 3.8) is 0 Å². The van der Waals surface area contributed by atoms with Crippen LogP contribution in [0.15, 0.2) is 29.6 Å². The lowest BCUT2D eigenvalue weighted by molar-refractivity contribution is 0.102. The normalized spacial score (nSPS) is 9.75. The SMILES string of the molecule is Cc1cc(NC(=O)c2csc(C#CCO)c2)ccc1F. The minimum absolute atomic E-state index is 0.214. The van der Waals surface area contributed by atoms with E-state index in [0.29, 0.717) is 21.7 Å². The van der Waals surface area contributed by atoms with Crippen molar-refractivity contribution in [3.05, 3.63) is 51.5 Å². The first-order chi connectivity index (χ1) is 9.60. The predicted molar refractivity (Wildman–Crippen MR) is 77.4 cm³/mol. The molecule has 2 N–H and O–H groups in total. The summed E-state index contributed by atoms with van der Waals surface area (Å²) in [5.74, 6) is 4.68. The number of hydrogen-bond acceptors (Lipinski definition) is 3. The van der Waals surface area contributed by atoms with E-state index in [0.717, 1.165) is 0 Å². The standard InChI is InChI=1S/C15H12FNO2S/c1-10-7-12(4-5-14(10)16)17-15(19)11-8-13(20-9-11)3-2-6-18/h4-5,7-9,18H,6H2,1H3,(H,17,19). The highest BCUT2D eigenvalue weighted by Gasteiger charge is 2.09. The van der Waals surface area contributed by atoms with Gasteiger partial charge < -0.3 is 10.4 Å². The molecule has 0 unspecified atom stereocenters. The summed E-state index contributed by atoms with van der Waals surface area (Å²) in [5.41, 5.74) is 1.50. The number of nitrogens with one attached hydrogen (secondary N) is 1. The fourth-order valence-corrected chi connectivity index (χ4v) is 2.33. The van der Waals surface area contributed by atoms with Gasteiger partial charge in [-0.25, -0.2) is 4.39 Å². The maximum atomic E-state index is 13.1. The van der Waals surface area contributed by atoms with Crippen molar-refractivity contribution in [2.75, 3.05) is 11.9 Å². The number of carbonyl (C=O) groups is 1. The topological polar surface area (TPSA) is 49.3 Å². The van der Waals surface area contributed by atoms with E-state index in [1.807, 2.05) is 0 Å². The summed E-state index contributed by atoms with van der Waals surface area (Å²) in [7, 11) is 0. The number of halogens is 1. The first-order valence-corrected chi connectivity index (χ1v) is 6.74. The maximum absolute atomic E-state index is 13.1. The molecular weight excluding hydrogens is 277 g/mol. The van der Waals surface area contributed by atoms with Gasteiger partial charge in [0.1, 0.15) is 12.4 Å². The smallest absolute Gasteiger partial charge is 0.256 e. The number of thiophene rings is 1. The van der Waals surface area contributed by atoms with Crippen molar-refractivity contribution in [1.29, 1.82) is 0 Å². The number of rotatable bonds is 2. The van der Waals surface area contributed by atoms with Gasteiger partial charge in [-0.1, -0.05) is 11.8 Å². The fourth-order valence-electron chi connectivity index (χ4n) is 1.57. The largest absolute Gasteiger partial charge is 0.384 e. The van der Waals surface area contributed by atoms with Gasteiger partial charge in [-0.2, -0.15) is 0 Å². The number of aliphatic hydroxyl groups excluding tert-OH is 1. The second kappa shape index (κ2) is 6.33. The Morgan fingerprint density at radius 3 is 2.95 bits per heavy atom. The Bertz CT molecular complexity index is 697. The Balaban J connectivity index is 2.11. The molecule has 0 atom stereocenters. The molecule has 0 saturated heterocycles. The number of amides is 1. The number of anilines is 1. The van der Waals surface area contributed by atoms with E-state index in [9.17, 15) is 9.18 Å². The first kappa shape index (κ1) is 14.3. The van der Waals surface area contributed by atoms with Crippen molar-refractivity contribution >= 4 is 22.9 Å². The maximum Gasteiger partial charge on any atom is 0.256 e. The first-order valence-electron chi connectivity index (χ1n) is 5.86. The summed E-state index contributed by atoms with van der Waals surface area (Å²) in [6.45, 7) is 1.42. The average Bonchev–Trinajstić information content (AvgIpc) is 2.89. The average molecular weight is 289 g/mol. The van der Waals surface area contributed by atoms with E-state index >= 15 is 0 Å². The molecule has 20 heavy (non-hydrogen) atoms. The van der Waals surface area contributed by atoms with Crippen LogP contribution in [-0.4, -0.2) is 17.6 Å². The van der Waals surface area contributed by atoms with Gasteiger partial charge in [0, 0.05) is 11.1 Å². The molecule has 5 heteroatoms. The Morgan fingerprint density at radius 1 is 1.45 bits per heavy atom. The predicted octanol–water partition coefficient (Wildman–Crippen LogP) is 2.79. The van der Waals surface area contributed by atoms with Crippen LogP contribution in [0, 0.1) is 24.6 Å². The molecule has 2 rings (SSSR count). The lowest BCUT2D eigenvalue weighted by atomic mass is 10.2. The van der Waals surface area contributed by atoms with Gasteiger partial charge in [0.05, 0.1) is 10.4 Å². The van der Waals surface area contributed by atoms with Crippen LogP contribution in [0.4, 0.5) is 10.1 Å². The molecule has 0 saturated carbocycles. The van der Waals surface area contributed by atoms with Crippen molar-refractivity contribution in [3.8, 4) is 11.8 Å². The van der Waals surface area contributed by atoms with Gasteiger partial charge in [-0.3, -0.25) is 4.79 Å². The van der Waals surface area contributed by atoms with Crippen molar-refractivity contribution in [2.45, 2.75) is 6.92 Å². The number of aliphatic hydroxyl groups is 1. The summed E-state index contributed by atoms with van der Waals surface area (Å²) in [6.07, 6.45) is 0. The van der Waals surface area contributed by atoms with Crippen LogP contribution in [0.25, 0.3) is 0 Å². The monoisotopic (exact) mass is 289 g/mol. The number of hydrogen-bond donors (Lipinski definition) is 2. The summed E-state index contributed by atoms with van der Waals surface area (Å²) in [5, 5.41) is 13.0. The molecule has 1 amide bonds. The van der Waals surface area contributed by atoms with Gasteiger partial charge in [0.15, 0.2) is 0 Å². The summed E-state index contributed by atoms with van der Waals surface area (Å²) < 4.78 is 13.1. The third-order valence-electron chi connectivity index (χ3n) is 2.57. The van der Waals surface area contributed by atoms with E-state index in [-0.39, 0.29) is 18.3 Å². The van der Waals surface area contributed by atoms with Crippen LogP contribution in [0.1, 0.15) is 20.8 Å². The van der Waals surface area contributed by atoms with Crippen molar-refractivity contribution < 1.29 is 14.3 Å². The zero-order valence-corrected chi connectivity index (χ0v) is 11.6. The molecule has 0 aliphatic carbocycles. The lowest BCUT2D eigenvalue weighted by Gasteiger charge is -2.05. The van der Waals surface area contributed by atoms with E-state index < -0.39 is 0 Å². The van der Waals surface area contributed by atoms with E-state index in [1.165, 1.54) is 23.5 Å². The van der Waals surface area contributed by atoms with Crippen LogP contribution in [0.5, 0.6) is 0 Å². The van der Waals surface area contributed by atoms with E-state index in [1.54, 1.807) is 24.4 Å². The van der Waals surface area contributed by atoms with Crippen LogP contribution in [-0.2, 0) is 0 Å². The molecular formula is C15H12FNO2S. The van der Waals surface area contributed by atoms with Gasteiger partial charge in [-0.05, 0) is 36.8 Å². The second-order valence-electron chi connectivity index (χ2n) is 4.08. The molecule has 102 valence electrons. The van der Waals surface area contributed by atoms with E-state index in [4.69, 9.17) is 5.11 Å². The molecule has 1 heterocycles. The van der Waals surface area contributed by atoms with Crippen LogP contribution >= 0.6 is 11.3 Å². The summed E-state index contributed by atoms with van der Waals surface area (Å²) in [4.78, 5) is 12.7. The van der Waals surface area contributed by atoms with E-state index in [2.05, 4.69) is 17.2 Å². The van der Waals surface area contributed by atoms with Crippen LogP contribution in [0.2, 0.25) is 0 Å². The lowest BCUT2D eigenvalue weighted by Crippen LogP contribution is -2.11. The third kappa shape index (κ3) is 3.44. The third-order valence-corrected chi connectivity index (χ3v) is 3.41. The summed E-state index contributed by atoms with van der Waals surface area (Å²) >= 11 is 1.33. The van der Waals surface area contributed by atoms with Crippen LogP contribution < -0.4 is 5.32 Å². The quantitative estimate of drug-likeness (QED) is 0.835. The molecule has 0 aliphatic rings. The molecule has 0 fully saturated rings. The molecule has 1 aromatic heterocycles. The Kier molecular flexibility index (Phi) is 4.51. The molecule has 0 bridgehead atoms. The highest BCUT2D eigenvalue weighted by atomic mass is 32.1. The summed E-state index contributed by atoms with van der Waals surface area (Å²) in [6, 6.07) is 6.06. The molecule has 1 aromatic carbocycles. The second-order valence-corrected chi connectivity index (χ2v) is 4.99. The molecule has 0 radical (unpaired) electrons. The fraction of sp³-hybridized carbons (Fsp3) is 0.133. The highest BCUT2D eigenvalue weighted by molar-refractivity contribution is 7.10. The van der Waals surface area contributed by atoms with Crippen molar-refractivity contribution in [2.24, 2.45) is 0 Å².